The smallest absolute Gasteiger partial charge is 0.122 e. The molecule has 1 aromatic heterocycles. The van der Waals surface area contributed by atoms with Gasteiger partial charge in [-0.05, 0) is 26.2 Å². The summed E-state index contributed by atoms with van der Waals surface area (Å²) < 4.78 is 1.68. The number of aryl methyl sites for hydroxylation is 1. The van der Waals surface area contributed by atoms with E-state index in [-0.39, 0.29) is 0 Å². The van der Waals surface area contributed by atoms with Gasteiger partial charge in [-0.3, -0.25) is 4.90 Å². The third-order valence-electron chi connectivity index (χ3n) is 3.85. The molecule has 2 unspecified atom stereocenters. The summed E-state index contributed by atoms with van der Waals surface area (Å²) in [4.78, 5) is 2.42. The summed E-state index contributed by atoms with van der Waals surface area (Å²) >= 11 is 0. The van der Waals surface area contributed by atoms with Crippen LogP contribution in [0.4, 0.5) is 0 Å². The van der Waals surface area contributed by atoms with Crippen molar-refractivity contribution in [2.75, 3.05) is 6.54 Å². The molecule has 5 nitrogen and oxygen atoms in total. The van der Waals surface area contributed by atoms with Gasteiger partial charge in [0, 0.05) is 25.7 Å². The predicted molar refractivity (Wildman–Crippen MR) is 58.7 cm³/mol. The highest BCUT2D eigenvalue weighted by Crippen LogP contribution is 2.41. The van der Waals surface area contributed by atoms with Crippen LogP contribution in [0.5, 0.6) is 0 Å². The fourth-order valence-electron chi connectivity index (χ4n) is 2.92. The Bertz CT molecular complexity index is 400. The quantitative estimate of drug-likeness (QED) is 0.780. The Morgan fingerprint density at radius 3 is 2.81 bits per heavy atom. The number of nitrogens with zero attached hydrogens (tertiary/aromatic N) is 4. The van der Waals surface area contributed by atoms with E-state index in [0.29, 0.717) is 12.1 Å². The molecule has 88 valence electrons. The first-order valence-electron chi connectivity index (χ1n) is 5.93. The zero-order valence-electron chi connectivity index (χ0n) is 9.80. The third-order valence-corrected chi connectivity index (χ3v) is 3.85. The molecule has 2 atom stereocenters. The van der Waals surface area contributed by atoms with Gasteiger partial charge in [-0.25, -0.2) is 4.68 Å². The van der Waals surface area contributed by atoms with E-state index in [2.05, 4.69) is 22.1 Å². The van der Waals surface area contributed by atoms with Crippen LogP contribution in [0.2, 0.25) is 0 Å². The molecule has 2 aliphatic rings. The van der Waals surface area contributed by atoms with Crippen LogP contribution >= 0.6 is 0 Å². The maximum absolute atomic E-state index is 10.7. The Kier molecular flexibility index (Phi) is 2.09. The molecule has 0 radical (unpaired) electrons. The van der Waals surface area contributed by atoms with Crippen LogP contribution in [-0.2, 0) is 12.6 Å². The first-order valence-corrected chi connectivity index (χ1v) is 5.93. The van der Waals surface area contributed by atoms with Gasteiger partial charge in [0.2, 0.25) is 0 Å². The Labute approximate surface area is 95.1 Å². The second kappa shape index (κ2) is 3.28. The molecule has 0 aromatic carbocycles. The average molecular weight is 222 g/mol. The molecule has 1 saturated carbocycles. The molecule has 0 spiro atoms. The SMILES string of the molecule is CC1CC(O)(c2cnnn2C)CN1C1CC1. The summed E-state index contributed by atoms with van der Waals surface area (Å²) in [6.07, 6.45) is 5.03. The molecular weight excluding hydrogens is 204 g/mol. The van der Waals surface area contributed by atoms with Gasteiger partial charge in [-0.2, -0.15) is 0 Å². The van der Waals surface area contributed by atoms with Crippen LogP contribution in [0, 0.1) is 0 Å². The zero-order chi connectivity index (χ0) is 11.3. The summed E-state index contributed by atoms with van der Waals surface area (Å²) in [7, 11) is 1.84. The highest BCUT2D eigenvalue weighted by molar-refractivity contribution is 5.14. The molecule has 1 aromatic rings. The third kappa shape index (κ3) is 1.46. The van der Waals surface area contributed by atoms with Crippen LogP contribution < -0.4 is 0 Å². The number of aliphatic hydroxyl groups is 1. The van der Waals surface area contributed by atoms with Crippen LogP contribution in [0.25, 0.3) is 0 Å². The second-order valence-electron chi connectivity index (χ2n) is 5.23. The number of hydrogen-bond donors (Lipinski definition) is 1. The second-order valence-corrected chi connectivity index (χ2v) is 5.23. The molecular formula is C11H18N4O. The number of rotatable bonds is 2. The van der Waals surface area contributed by atoms with Crippen molar-refractivity contribution >= 4 is 0 Å². The standard InChI is InChI=1S/C11H18N4O/c1-8-5-11(16,7-15(8)9-3-4-9)10-6-12-13-14(10)2/h6,8-9,16H,3-5,7H2,1-2H3. The van der Waals surface area contributed by atoms with Crippen molar-refractivity contribution in [3.8, 4) is 0 Å². The first-order chi connectivity index (χ1) is 7.60. The number of likely N-dealkylation sites (tertiary alicyclic amines) is 1. The predicted octanol–water partition coefficient (Wildman–Crippen LogP) is 0.259. The summed E-state index contributed by atoms with van der Waals surface area (Å²) in [5, 5.41) is 18.5. The summed E-state index contributed by atoms with van der Waals surface area (Å²) in [6.45, 7) is 2.92. The van der Waals surface area contributed by atoms with Crippen molar-refractivity contribution in [2.45, 2.75) is 43.9 Å². The molecule has 3 rings (SSSR count). The van der Waals surface area contributed by atoms with E-state index in [1.807, 2.05) is 7.05 Å². The lowest BCUT2D eigenvalue weighted by atomic mass is 9.97. The minimum absolute atomic E-state index is 0.451. The van der Waals surface area contributed by atoms with E-state index < -0.39 is 5.60 Å². The van der Waals surface area contributed by atoms with Gasteiger partial charge in [-0.1, -0.05) is 5.21 Å². The van der Waals surface area contributed by atoms with Gasteiger partial charge in [0.05, 0.1) is 11.9 Å². The first kappa shape index (κ1) is 10.2. The van der Waals surface area contributed by atoms with Crippen molar-refractivity contribution in [1.82, 2.24) is 19.9 Å². The van der Waals surface area contributed by atoms with E-state index >= 15 is 0 Å². The summed E-state index contributed by atoms with van der Waals surface area (Å²) in [5.41, 5.74) is 0.0720. The molecule has 1 aliphatic heterocycles. The molecule has 1 N–H and O–H groups in total. The Balaban J connectivity index is 1.87. The van der Waals surface area contributed by atoms with Crippen LogP contribution in [-0.4, -0.2) is 43.6 Å². The topological polar surface area (TPSA) is 54.2 Å². The lowest BCUT2D eigenvalue weighted by molar-refractivity contribution is 0.0370. The monoisotopic (exact) mass is 222 g/mol. The summed E-state index contributed by atoms with van der Waals surface area (Å²) in [5.74, 6) is 0. The molecule has 16 heavy (non-hydrogen) atoms. The maximum Gasteiger partial charge on any atom is 0.122 e. The fraction of sp³-hybridized carbons (Fsp3) is 0.818. The van der Waals surface area contributed by atoms with Gasteiger partial charge in [0.1, 0.15) is 5.60 Å². The molecule has 1 aliphatic carbocycles. The minimum Gasteiger partial charge on any atom is -0.382 e. The number of β-amino-alcohol motifs (C(OH)–C–C–N with tert-alkyl or cyclic N) is 1. The van der Waals surface area contributed by atoms with E-state index in [1.54, 1.807) is 10.9 Å². The van der Waals surface area contributed by atoms with Gasteiger partial charge >= 0.3 is 0 Å². The molecule has 2 fully saturated rings. The van der Waals surface area contributed by atoms with E-state index in [9.17, 15) is 5.11 Å². The minimum atomic E-state index is -0.764. The average Bonchev–Trinajstić information content (AvgIpc) is 2.89. The Morgan fingerprint density at radius 1 is 1.50 bits per heavy atom. The van der Waals surface area contributed by atoms with Gasteiger partial charge in [0.15, 0.2) is 0 Å². The van der Waals surface area contributed by atoms with Crippen molar-refractivity contribution in [3.63, 3.8) is 0 Å². The van der Waals surface area contributed by atoms with Gasteiger partial charge in [-0.15, -0.1) is 5.10 Å². The highest BCUT2D eigenvalue weighted by atomic mass is 16.3. The molecule has 0 bridgehead atoms. The highest BCUT2D eigenvalue weighted by Gasteiger charge is 2.48. The van der Waals surface area contributed by atoms with Gasteiger partial charge < -0.3 is 5.11 Å². The molecule has 5 heteroatoms. The largest absolute Gasteiger partial charge is 0.382 e. The van der Waals surface area contributed by atoms with E-state index in [1.165, 1.54) is 12.8 Å². The fourth-order valence-corrected chi connectivity index (χ4v) is 2.92. The van der Waals surface area contributed by atoms with Crippen LogP contribution in [0.15, 0.2) is 6.20 Å². The van der Waals surface area contributed by atoms with Gasteiger partial charge in [0.25, 0.3) is 0 Å². The maximum atomic E-state index is 10.7. The summed E-state index contributed by atoms with van der Waals surface area (Å²) in [6, 6.07) is 1.15. The lowest BCUT2D eigenvalue weighted by Gasteiger charge is -2.23. The Hall–Kier alpha value is -0.940. The van der Waals surface area contributed by atoms with E-state index in [0.717, 1.165) is 18.7 Å². The van der Waals surface area contributed by atoms with E-state index in [4.69, 9.17) is 0 Å². The number of aromatic nitrogens is 3. The van der Waals surface area contributed by atoms with Crippen molar-refractivity contribution in [1.29, 1.82) is 0 Å². The molecule has 0 amide bonds. The van der Waals surface area contributed by atoms with Crippen molar-refractivity contribution < 1.29 is 5.11 Å². The molecule has 1 saturated heterocycles. The van der Waals surface area contributed by atoms with Crippen molar-refractivity contribution in [2.24, 2.45) is 7.05 Å². The molecule has 2 heterocycles. The zero-order valence-corrected chi connectivity index (χ0v) is 9.80. The normalized spacial score (nSPS) is 35.8. The van der Waals surface area contributed by atoms with Crippen LogP contribution in [0.1, 0.15) is 31.9 Å². The lowest BCUT2D eigenvalue weighted by Crippen LogP contribution is -2.34. The number of hydrogen-bond acceptors (Lipinski definition) is 4. The Morgan fingerprint density at radius 2 is 2.25 bits per heavy atom. The van der Waals surface area contributed by atoms with Crippen molar-refractivity contribution in [3.05, 3.63) is 11.9 Å². The van der Waals surface area contributed by atoms with Crippen LogP contribution in [0.3, 0.4) is 0 Å².